The number of amides is 1. The van der Waals surface area contributed by atoms with Gasteiger partial charge in [-0.2, -0.15) is 0 Å². The molecule has 32 heavy (non-hydrogen) atoms. The molecular formula is C25H26BrFN2O3. The van der Waals surface area contributed by atoms with Gasteiger partial charge in [0, 0.05) is 33.5 Å². The third-order valence-electron chi connectivity index (χ3n) is 5.97. The highest BCUT2D eigenvalue weighted by atomic mass is 79.9. The Balaban J connectivity index is 1.49. The second-order valence-corrected chi connectivity index (χ2v) is 8.93. The van der Waals surface area contributed by atoms with Crippen LogP contribution in [0.1, 0.15) is 36.6 Å². The number of esters is 1. The van der Waals surface area contributed by atoms with Gasteiger partial charge in [-0.25, -0.2) is 4.39 Å². The Labute approximate surface area is 195 Å². The Morgan fingerprint density at radius 2 is 2.06 bits per heavy atom. The molecule has 1 aliphatic carbocycles. The van der Waals surface area contributed by atoms with Crippen LogP contribution in [0.25, 0.3) is 10.9 Å². The average molecular weight is 501 g/mol. The molecule has 0 fully saturated rings. The summed E-state index contributed by atoms with van der Waals surface area (Å²) in [6.07, 6.45) is 3.17. The number of benzene rings is 2. The second kappa shape index (κ2) is 9.86. The van der Waals surface area contributed by atoms with Crippen molar-refractivity contribution < 1.29 is 18.7 Å². The van der Waals surface area contributed by atoms with Gasteiger partial charge < -0.3 is 14.6 Å². The fraction of sp³-hybridized carbons (Fsp3) is 0.360. The highest BCUT2D eigenvalue weighted by molar-refractivity contribution is 9.10. The van der Waals surface area contributed by atoms with E-state index in [0.717, 1.165) is 38.6 Å². The number of carbonyl (C=O) groups is 2. The largest absolute Gasteiger partial charge is 0.465 e. The van der Waals surface area contributed by atoms with Crippen LogP contribution in [-0.4, -0.2) is 29.1 Å². The molecule has 5 nitrogen and oxygen atoms in total. The van der Waals surface area contributed by atoms with Gasteiger partial charge in [0.15, 0.2) is 0 Å². The van der Waals surface area contributed by atoms with E-state index in [2.05, 4.69) is 21.2 Å². The van der Waals surface area contributed by atoms with E-state index < -0.39 is 0 Å². The van der Waals surface area contributed by atoms with E-state index in [9.17, 15) is 14.0 Å². The smallest absolute Gasteiger partial charge is 0.325 e. The highest BCUT2D eigenvalue weighted by Crippen LogP contribution is 2.33. The van der Waals surface area contributed by atoms with Crippen LogP contribution < -0.4 is 5.32 Å². The van der Waals surface area contributed by atoms with E-state index in [0.29, 0.717) is 32.3 Å². The van der Waals surface area contributed by atoms with Crippen LogP contribution in [0.5, 0.6) is 0 Å². The zero-order valence-electron chi connectivity index (χ0n) is 18.0. The number of rotatable bonds is 7. The minimum atomic E-state index is -0.312. The lowest BCUT2D eigenvalue weighted by molar-refractivity contribution is -0.143. The number of carbonyl (C=O) groups excluding carboxylic acids is 2. The van der Waals surface area contributed by atoms with Gasteiger partial charge in [0.2, 0.25) is 5.91 Å². The number of hydrogen-bond acceptors (Lipinski definition) is 3. The minimum Gasteiger partial charge on any atom is -0.465 e. The predicted octanol–water partition coefficient (Wildman–Crippen LogP) is 4.71. The van der Waals surface area contributed by atoms with Crippen LogP contribution in [-0.2, 0) is 40.1 Å². The molecule has 168 valence electrons. The Morgan fingerprint density at radius 3 is 2.84 bits per heavy atom. The number of fused-ring (bicyclic) bond motifs is 3. The summed E-state index contributed by atoms with van der Waals surface area (Å²) in [7, 11) is 0. The van der Waals surface area contributed by atoms with Crippen LogP contribution >= 0.6 is 15.9 Å². The zero-order valence-corrected chi connectivity index (χ0v) is 19.6. The van der Waals surface area contributed by atoms with Crippen molar-refractivity contribution in [3.63, 3.8) is 0 Å². The van der Waals surface area contributed by atoms with Gasteiger partial charge >= 0.3 is 5.97 Å². The molecule has 0 aliphatic heterocycles. The summed E-state index contributed by atoms with van der Waals surface area (Å²) in [5.74, 6) is -0.608. The number of halogens is 2. The Morgan fingerprint density at radius 1 is 1.25 bits per heavy atom. The van der Waals surface area contributed by atoms with Crippen molar-refractivity contribution in [2.45, 2.75) is 51.6 Å². The summed E-state index contributed by atoms with van der Waals surface area (Å²) >= 11 is 3.52. The summed E-state index contributed by atoms with van der Waals surface area (Å²) in [5, 5.41) is 3.95. The lowest BCUT2D eigenvalue weighted by Crippen LogP contribution is -2.39. The zero-order chi connectivity index (χ0) is 22.7. The molecule has 0 saturated heterocycles. The summed E-state index contributed by atoms with van der Waals surface area (Å²) in [6.45, 7) is 2.21. The Bertz CT molecular complexity index is 1160. The third-order valence-corrected chi connectivity index (χ3v) is 6.74. The third kappa shape index (κ3) is 4.88. The molecule has 1 amide bonds. The molecule has 1 aliphatic rings. The SMILES string of the molecule is CCOC(=O)Cn1c2c(c3cc(F)ccc31)C[C@@H](NC(=O)CCc1ccccc1Br)CC2. The van der Waals surface area contributed by atoms with Crippen molar-refractivity contribution in [1.82, 2.24) is 9.88 Å². The van der Waals surface area contributed by atoms with Gasteiger partial charge in [-0.1, -0.05) is 34.1 Å². The molecule has 0 spiro atoms. The van der Waals surface area contributed by atoms with Gasteiger partial charge in [-0.05, 0) is 68.0 Å². The number of aryl methyl sites for hydroxylation is 1. The van der Waals surface area contributed by atoms with E-state index in [1.807, 2.05) is 28.8 Å². The predicted molar refractivity (Wildman–Crippen MR) is 125 cm³/mol. The second-order valence-electron chi connectivity index (χ2n) is 8.08. The fourth-order valence-electron chi connectivity index (χ4n) is 4.51. The minimum absolute atomic E-state index is 0.00986. The number of nitrogens with one attached hydrogen (secondary N) is 1. The van der Waals surface area contributed by atoms with Gasteiger partial charge in [-0.15, -0.1) is 0 Å². The molecule has 2 aromatic carbocycles. The van der Waals surface area contributed by atoms with Crippen LogP contribution in [0.3, 0.4) is 0 Å². The number of hydrogen-bond donors (Lipinski definition) is 1. The van der Waals surface area contributed by atoms with Crippen molar-refractivity contribution in [3.05, 3.63) is 69.6 Å². The van der Waals surface area contributed by atoms with E-state index in [4.69, 9.17) is 4.74 Å². The quantitative estimate of drug-likeness (QED) is 0.477. The van der Waals surface area contributed by atoms with Crippen LogP contribution in [0.15, 0.2) is 46.9 Å². The summed E-state index contributed by atoms with van der Waals surface area (Å²) in [6, 6.07) is 12.5. The molecule has 1 heterocycles. The average Bonchev–Trinajstić information content (AvgIpc) is 3.05. The fourth-order valence-corrected chi connectivity index (χ4v) is 4.99. The molecule has 0 unspecified atom stereocenters. The molecule has 7 heteroatoms. The van der Waals surface area contributed by atoms with E-state index in [1.54, 1.807) is 13.0 Å². The normalized spacial score (nSPS) is 15.4. The first kappa shape index (κ1) is 22.5. The van der Waals surface area contributed by atoms with E-state index in [-0.39, 0.29) is 30.3 Å². The van der Waals surface area contributed by atoms with Crippen LogP contribution in [0.4, 0.5) is 4.39 Å². The number of aromatic nitrogens is 1. The van der Waals surface area contributed by atoms with Gasteiger partial charge in [0.05, 0.1) is 6.61 Å². The molecule has 0 saturated carbocycles. The molecule has 1 aromatic heterocycles. The molecule has 1 N–H and O–H groups in total. The summed E-state index contributed by atoms with van der Waals surface area (Å²) in [5.41, 5.74) is 3.96. The molecule has 1 atom stereocenters. The first-order chi connectivity index (χ1) is 15.5. The van der Waals surface area contributed by atoms with Crippen LogP contribution in [0, 0.1) is 5.82 Å². The topological polar surface area (TPSA) is 60.3 Å². The standard InChI is InChI=1S/C25H26BrFN2O3/c1-2-32-25(31)15-29-22-10-8-17(27)13-19(22)20-14-18(9-11-23(20)29)28-24(30)12-7-16-5-3-4-6-21(16)26/h3-6,8,10,13,18H,2,7,9,11-12,14-15H2,1H3,(H,28,30)/t18-/m0/s1. The van der Waals surface area contributed by atoms with Gasteiger partial charge in [0.1, 0.15) is 12.4 Å². The maximum absolute atomic E-state index is 14.0. The molecule has 0 bridgehead atoms. The lowest BCUT2D eigenvalue weighted by atomic mass is 9.91. The maximum Gasteiger partial charge on any atom is 0.325 e. The van der Waals surface area contributed by atoms with Crippen molar-refractivity contribution in [2.24, 2.45) is 0 Å². The monoisotopic (exact) mass is 500 g/mol. The van der Waals surface area contributed by atoms with Crippen molar-refractivity contribution >= 4 is 38.7 Å². The maximum atomic E-state index is 14.0. The van der Waals surface area contributed by atoms with E-state index >= 15 is 0 Å². The van der Waals surface area contributed by atoms with E-state index in [1.165, 1.54) is 12.1 Å². The molecule has 3 aromatic rings. The number of ether oxygens (including phenoxy) is 1. The van der Waals surface area contributed by atoms with Gasteiger partial charge in [0.25, 0.3) is 0 Å². The van der Waals surface area contributed by atoms with Crippen molar-refractivity contribution in [2.75, 3.05) is 6.61 Å². The summed E-state index contributed by atoms with van der Waals surface area (Å²) in [4.78, 5) is 24.7. The Hall–Kier alpha value is -2.67. The first-order valence-corrected chi connectivity index (χ1v) is 11.7. The highest BCUT2D eigenvalue weighted by Gasteiger charge is 2.27. The lowest BCUT2D eigenvalue weighted by Gasteiger charge is -2.25. The first-order valence-electron chi connectivity index (χ1n) is 10.9. The Kier molecular flexibility index (Phi) is 6.94. The van der Waals surface area contributed by atoms with Crippen molar-refractivity contribution in [1.29, 1.82) is 0 Å². The van der Waals surface area contributed by atoms with Crippen LogP contribution in [0.2, 0.25) is 0 Å². The number of nitrogens with zero attached hydrogens (tertiary/aromatic N) is 1. The van der Waals surface area contributed by atoms with Crippen molar-refractivity contribution in [3.8, 4) is 0 Å². The molecule has 4 rings (SSSR count). The molecular weight excluding hydrogens is 475 g/mol. The van der Waals surface area contributed by atoms with Gasteiger partial charge in [-0.3, -0.25) is 9.59 Å². The summed E-state index contributed by atoms with van der Waals surface area (Å²) < 4.78 is 22.1. The molecule has 0 radical (unpaired) electrons.